The Labute approximate surface area is 97.1 Å². The Morgan fingerprint density at radius 2 is 2.00 bits per heavy atom. The van der Waals surface area contributed by atoms with Gasteiger partial charge in [-0.3, -0.25) is 9.59 Å². The predicted molar refractivity (Wildman–Crippen MR) is 56.8 cm³/mol. The molecule has 0 aliphatic carbocycles. The summed E-state index contributed by atoms with van der Waals surface area (Å²) in [5.41, 5.74) is 0.533. The van der Waals surface area contributed by atoms with Gasteiger partial charge in [0.25, 0.3) is 0 Å². The first-order valence-corrected chi connectivity index (χ1v) is 5.11. The minimum absolute atomic E-state index is 0.159. The van der Waals surface area contributed by atoms with Crippen LogP contribution >= 0.6 is 11.6 Å². The third kappa shape index (κ3) is 1.88. The zero-order valence-corrected chi connectivity index (χ0v) is 9.28. The molecular formula is C11H9ClO4. The number of carbonyl (C=O) groups is 2. The van der Waals surface area contributed by atoms with Crippen LogP contribution in [0.15, 0.2) is 18.2 Å². The van der Waals surface area contributed by atoms with Crippen LogP contribution in [0.3, 0.4) is 0 Å². The molecule has 0 saturated heterocycles. The van der Waals surface area contributed by atoms with Gasteiger partial charge in [0.1, 0.15) is 5.38 Å². The van der Waals surface area contributed by atoms with Crippen molar-refractivity contribution in [3.8, 4) is 11.5 Å². The molecule has 1 aliphatic heterocycles. The molecule has 0 amide bonds. The summed E-state index contributed by atoms with van der Waals surface area (Å²) in [5, 5.41) is -0.966. The van der Waals surface area contributed by atoms with E-state index in [-0.39, 0.29) is 6.79 Å². The fraction of sp³-hybridized carbons (Fsp3) is 0.273. The Balaban J connectivity index is 2.28. The van der Waals surface area contributed by atoms with Crippen LogP contribution in [-0.4, -0.2) is 18.4 Å². The maximum Gasteiger partial charge on any atom is 0.231 e. The lowest BCUT2D eigenvalue weighted by atomic mass is 10.1. The first-order valence-electron chi connectivity index (χ1n) is 4.68. The first kappa shape index (κ1) is 11.0. The number of hydrogen-bond donors (Lipinski definition) is 0. The molecule has 4 nitrogen and oxygen atoms in total. The summed E-state index contributed by atoms with van der Waals surface area (Å²) < 4.78 is 10.3. The number of ketones is 2. The highest BCUT2D eigenvalue weighted by atomic mass is 35.5. The molecular weight excluding hydrogens is 232 g/mol. The van der Waals surface area contributed by atoms with E-state index in [4.69, 9.17) is 21.1 Å². The van der Waals surface area contributed by atoms with Crippen molar-refractivity contribution in [2.24, 2.45) is 0 Å². The minimum atomic E-state index is -0.966. The Hall–Kier alpha value is -1.55. The van der Waals surface area contributed by atoms with Crippen molar-refractivity contribution < 1.29 is 19.1 Å². The molecule has 5 heteroatoms. The molecule has 1 aromatic carbocycles. The van der Waals surface area contributed by atoms with Crippen molar-refractivity contribution in [2.75, 3.05) is 6.79 Å². The molecule has 0 spiro atoms. The van der Waals surface area contributed by atoms with Gasteiger partial charge >= 0.3 is 0 Å². The van der Waals surface area contributed by atoms with Crippen LogP contribution in [0, 0.1) is 0 Å². The van der Waals surface area contributed by atoms with Crippen molar-refractivity contribution in [1.29, 1.82) is 0 Å². The van der Waals surface area contributed by atoms with Crippen LogP contribution in [-0.2, 0) is 9.59 Å². The lowest BCUT2D eigenvalue weighted by molar-refractivity contribution is -0.135. The number of benzene rings is 1. The van der Waals surface area contributed by atoms with Crippen molar-refractivity contribution in [3.05, 3.63) is 23.8 Å². The van der Waals surface area contributed by atoms with Gasteiger partial charge in [0, 0.05) is 6.92 Å². The normalized spacial score (nSPS) is 14.6. The molecule has 2 rings (SSSR count). The average Bonchev–Trinajstić information content (AvgIpc) is 2.73. The van der Waals surface area contributed by atoms with Crippen molar-refractivity contribution >= 4 is 23.2 Å². The molecule has 1 aliphatic rings. The number of fused-ring (bicyclic) bond motifs is 1. The largest absolute Gasteiger partial charge is 0.454 e. The topological polar surface area (TPSA) is 52.6 Å². The van der Waals surface area contributed by atoms with Gasteiger partial charge in [0.15, 0.2) is 17.3 Å². The molecule has 1 atom stereocenters. The monoisotopic (exact) mass is 240 g/mol. The number of ether oxygens (including phenoxy) is 2. The lowest BCUT2D eigenvalue weighted by Gasteiger charge is -2.07. The SMILES string of the molecule is CC(=O)C(=O)C(Cl)c1ccc2c(c1)OCO2. The second-order valence-corrected chi connectivity index (χ2v) is 3.83. The van der Waals surface area contributed by atoms with Crippen molar-refractivity contribution in [2.45, 2.75) is 12.3 Å². The second kappa shape index (κ2) is 4.14. The molecule has 1 aromatic rings. The summed E-state index contributed by atoms with van der Waals surface area (Å²) in [5.74, 6) is -0.0272. The molecule has 1 heterocycles. The summed E-state index contributed by atoms with van der Waals surface area (Å²) in [6, 6.07) is 4.92. The molecule has 0 bridgehead atoms. The van der Waals surface area contributed by atoms with Gasteiger partial charge in [-0.15, -0.1) is 11.6 Å². The first-order chi connectivity index (χ1) is 7.59. The number of halogens is 1. The Bertz CT molecular complexity index is 455. The van der Waals surface area contributed by atoms with Crippen LogP contribution in [0.25, 0.3) is 0 Å². The van der Waals surface area contributed by atoms with Gasteiger partial charge < -0.3 is 9.47 Å². The third-order valence-corrected chi connectivity index (χ3v) is 2.72. The van der Waals surface area contributed by atoms with Crippen LogP contribution < -0.4 is 9.47 Å². The van der Waals surface area contributed by atoms with E-state index in [2.05, 4.69) is 0 Å². The molecule has 0 radical (unpaired) electrons. The van der Waals surface area contributed by atoms with E-state index in [1.165, 1.54) is 6.92 Å². The summed E-state index contributed by atoms with van der Waals surface area (Å²) in [4.78, 5) is 22.3. The summed E-state index contributed by atoms with van der Waals surface area (Å²) in [6.45, 7) is 1.36. The number of alkyl halides is 1. The standard InChI is InChI=1S/C11H9ClO4/c1-6(13)11(14)10(12)7-2-3-8-9(4-7)16-5-15-8/h2-4,10H,5H2,1H3. The number of Topliss-reactive ketones (excluding diaryl/α,β-unsaturated/α-hetero) is 2. The van der Waals surface area contributed by atoms with Gasteiger partial charge in [-0.05, 0) is 17.7 Å². The summed E-state index contributed by atoms with van der Waals surface area (Å²) in [6.07, 6.45) is 0. The fourth-order valence-electron chi connectivity index (χ4n) is 1.40. The van der Waals surface area contributed by atoms with E-state index in [0.717, 1.165) is 0 Å². The van der Waals surface area contributed by atoms with Gasteiger partial charge in [-0.25, -0.2) is 0 Å². The number of carbonyl (C=O) groups excluding carboxylic acids is 2. The van der Waals surface area contributed by atoms with Crippen LogP contribution in [0.4, 0.5) is 0 Å². The smallest absolute Gasteiger partial charge is 0.231 e. The molecule has 0 saturated carbocycles. The van der Waals surface area contributed by atoms with E-state index in [1.807, 2.05) is 0 Å². The van der Waals surface area contributed by atoms with E-state index < -0.39 is 16.9 Å². The maximum atomic E-state index is 11.4. The highest BCUT2D eigenvalue weighted by Gasteiger charge is 2.24. The van der Waals surface area contributed by atoms with E-state index in [0.29, 0.717) is 17.1 Å². The zero-order chi connectivity index (χ0) is 11.7. The lowest BCUT2D eigenvalue weighted by Crippen LogP contribution is -2.15. The summed E-state index contributed by atoms with van der Waals surface area (Å²) >= 11 is 5.89. The van der Waals surface area contributed by atoms with Gasteiger partial charge in [0.2, 0.25) is 12.6 Å². The Morgan fingerprint density at radius 1 is 1.31 bits per heavy atom. The molecule has 0 aromatic heterocycles. The fourth-order valence-corrected chi connectivity index (χ4v) is 1.69. The zero-order valence-electron chi connectivity index (χ0n) is 8.53. The molecule has 0 fully saturated rings. The second-order valence-electron chi connectivity index (χ2n) is 3.40. The van der Waals surface area contributed by atoms with Crippen molar-refractivity contribution in [1.82, 2.24) is 0 Å². The number of hydrogen-bond acceptors (Lipinski definition) is 4. The third-order valence-electron chi connectivity index (χ3n) is 2.27. The van der Waals surface area contributed by atoms with Crippen LogP contribution in [0.1, 0.15) is 17.9 Å². The van der Waals surface area contributed by atoms with E-state index in [9.17, 15) is 9.59 Å². The predicted octanol–water partition coefficient (Wildman–Crippen LogP) is 1.85. The quantitative estimate of drug-likeness (QED) is 0.598. The molecule has 0 N–H and O–H groups in total. The van der Waals surface area contributed by atoms with Gasteiger partial charge in [-0.1, -0.05) is 6.07 Å². The van der Waals surface area contributed by atoms with Crippen molar-refractivity contribution in [3.63, 3.8) is 0 Å². The highest BCUT2D eigenvalue weighted by molar-refractivity contribution is 6.48. The van der Waals surface area contributed by atoms with Gasteiger partial charge in [0.05, 0.1) is 0 Å². The average molecular weight is 241 g/mol. The molecule has 16 heavy (non-hydrogen) atoms. The van der Waals surface area contributed by atoms with Gasteiger partial charge in [-0.2, -0.15) is 0 Å². The molecule has 1 unspecified atom stereocenters. The number of rotatable bonds is 3. The summed E-state index contributed by atoms with van der Waals surface area (Å²) in [7, 11) is 0. The Kier molecular flexibility index (Phi) is 2.83. The Morgan fingerprint density at radius 3 is 2.69 bits per heavy atom. The minimum Gasteiger partial charge on any atom is -0.454 e. The maximum absolute atomic E-state index is 11.4. The van der Waals surface area contributed by atoms with Crippen LogP contribution in [0.5, 0.6) is 11.5 Å². The van der Waals surface area contributed by atoms with E-state index in [1.54, 1.807) is 18.2 Å². The highest BCUT2D eigenvalue weighted by Crippen LogP contribution is 2.35. The van der Waals surface area contributed by atoms with Crippen LogP contribution in [0.2, 0.25) is 0 Å². The van der Waals surface area contributed by atoms with E-state index >= 15 is 0 Å². The molecule has 84 valence electrons.